The van der Waals surface area contributed by atoms with Gasteiger partial charge in [-0.15, -0.1) is 22.7 Å². The third kappa shape index (κ3) is 5.36. The summed E-state index contributed by atoms with van der Waals surface area (Å²) in [6.45, 7) is 0. The van der Waals surface area contributed by atoms with Gasteiger partial charge in [0, 0.05) is 84.3 Å². The second-order valence-electron chi connectivity index (χ2n) is 14.7. The molecule has 0 fully saturated rings. The van der Waals surface area contributed by atoms with Crippen LogP contribution < -0.4 is 0 Å². The third-order valence-corrected chi connectivity index (χ3v) is 13.6. The maximum absolute atomic E-state index is 5.32. The van der Waals surface area contributed by atoms with E-state index in [1.165, 1.54) is 56.7 Å². The molecular weight excluding hydrogens is 743 g/mol. The molecule has 5 heteroatoms. The van der Waals surface area contributed by atoms with Gasteiger partial charge in [0.05, 0.1) is 22.6 Å². The van der Waals surface area contributed by atoms with Crippen LogP contribution in [0.15, 0.2) is 188 Å². The van der Waals surface area contributed by atoms with E-state index in [4.69, 9.17) is 15.0 Å². The molecule has 0 bridgehead atoms. The van der Waals surface area contributed by atoms with Gasteiger partial charge in [-0.2, -0.15) is 0 Å². The summed E-state index contributed by atoms with van der Waals surface area (Å²) in [5.41, 5.74) is 10.4. The molecule has 0 saturated carbocycles. The van der Waals surface area contributed by atoms with E-state index in [0.29, 0.717) is 5.82 Å². The molecule has 4 heterocycles. The lowest BCUT2D eigenvalue weighted by molar-refractivity contribution is 1.18. The summed E-state index contributed by atoms with van der Waals surface area (Å²) in [5, 5.41) is 8.68. The van der Waals surface area contributed by atoms with Crippen LogP contribution in [0.2, 0.25) is 0 Å². The first-order valence-electron chi connectivity index (χ1n) is 19.4. The number of hydrogen-bond donors (Lipinski definition) is 0. The summed E-state index contributed by atoms with van der Waals surface area (Å²) in [5.74, 6) is 0.710. The van der Waals surface area contributed by atoms with Crippen molar-refractivity contribution in [2.75, 3.05) is 0 Å². The first-order chi connectivity index (χ1) is 28.7. The third-order valence-electron chi connectivity index (χ3n) is 11.3. The smallest absolute Gasteiger partial charge is 0.160 e. The first-order valence-corrected chi connectivity index (χ1v) is 21.1. The van der Waals surface area contributed by atoms with Crippen molar-refractivity contribution in [1.82, 2.24) is 15.0 Å². The van der Waals surface area contributed by atoms with Crippen LogP contribution in [-0.4, -0.2) is 15.0 Å². The molecule has 8 aromatic carbocycles. The molecule has 0 saturated heterocycles. The van der Waals surface area contributed by atoms with Gasteiger partial charge < -0.3 is 0 Å². The van der Waals surface area contributed by atoms with Crippen LogP contribution in [0.25, 0.3) is 118 Å². The molecule has 0 amide bonds. The van der Waals surface area contributed by atoms with Crippen molar-refractivity contribution in [2.45, 2.75) is 0 Å². The van der Waals surface area contributed by atoms with Gasteiger partial charge in [-0.3, -0.25) is 0 Å². The lowest BCUT2D eigenvalue weighted by Crippen LogP contribution is -1.96. The van der Waals surface area contributed by atoms with Crippen LogP contribution in [0.3, 0.4) is 0 Å². The molecule has 3 nitrogen and oxygen atoms in total. The van der Waals surface area contributed by atoms with E-state index >= 15 is 0 Å². The largest absolute Gasteiger partial charge is 0.247 e. The highest BCUT2D eigenvalue weighted by atomic mass is 32.1. The highest BCUT2D eigenvalue weighted by Gasteiger charge is 2.20. The van der Waals surface area contributed by atoms with Crippen LogP contribution in [0.5, 0.6) is 0 Å². The topological polar surface area (TPSA) is 38.7 Å². The Labute approximate surface area is 342 Å². The summed E-state index contributed by atoms with van der Waals surface area (Å²) in [6.07, 6.45) is 0. The number of fused-ring (bicyclic) bond motifs is 10. The molecule has 12 aromatic rings. The van der Waals surface area contributed by atoms with Gasteiger partial charge in [0.1, 0.15) is 0 Å². The van der Waals surface area contributed by atoms with Crippen molar-refractivity contribution in [3.05, 3.63) is 188 Å². The van der Waals surface area contributed by atoms with E-state index in [0.717, 1.165) is 55.8 Å². The van der Waals surface area contributed by atoms with Crippen LogP contribution in [-0.2, 0) is 0 Å². The quantitative estimate of drug-likeness (QED) is 0.164. The predicted molar refractivity (Wildman–Crippen MR) is 248 cm³/mol. The van der Waals surface area contributed by atoms with Crippen molar-refractivity contribution >= 4 is 84.7 Å². The van der Waals surface area contributed by atoms with Gasteiger partial charge in [0.2, 0.25) is 0 Å². The molecule has 0 aliphatic heterocycles. The van der Waals surface area contributed by atoms with E-state index < -0.39 is 0 Å². The average molecular weight is 774 g/mol. The predicted octanol–water partition coefficient (Wildman–Crippen LogP) is 15.2. The zero-order valence-electron chi connectivity index (χ0n) is 31.1. The number of rotatable bonds is 5. The summed E-state index contributed by atoms with van der Waals surface area (Å²) in [7, 11) is 0. The Balaban J connectivity index is 1.05. The standard InChI is InChI=1S/C53H31N3S2/c1-3-13-34(14-4-1)51-42-30-40(52-50(39-19-9-12-22-47(39)58-52)49(42)38-18-7-10-20-43(38)54-51)32-23-25-33(26-24-32)44-31-45(56-53(55-44)35-15-5-2-6-16-35)36-27-28-48-41(29-36)37-17-8-11-21-46(37)57-48/h1-31H. The number of para-hydroxylation sites is 1. The number of pyridine rings is 1. The minimum Gasteiger partial charge on any atom is -0.247 e. The van der Waals surface area contributed by atoms with E-state index in [9.17, 15) is 0 Å². The Morgan fingerprint density at radius 1 is 0.328 bits per heavy atom. The van der Waals surface area contributed by atoms with Crippen LogP contribution in [0.1, 0.15) is 0 Å². The van der Waals surface area contributed by atoms with Gasteiger partial charge in [-0.25, -0.2) is 15.0 Å². The fraction of sp³-hybridized carbons (Fsp3) is 0. The molecule has 0 aliphatic rings. The molecule has 0 N–H and O–H groups in total. The molecule has 58 heavy (non-hydrogen) atoms. The molecule has 270 valence electrons. The fourth-order valence-electron chi connectivity index (χ4n) is 8.53. The Bertz CT molecular complexity index is 3550. The van der Waals surface area contributed by atoms with Gasteiger partial charge in [0.25, 0.3) is 0 Å². The Hall–Kier alpha value is -7.05. The Morgan fingerprint density at radius 2 is 0.914 bits per heavy atom. The maximum Gasteiger partial charge on any atom is 0.160 e. The molecule has 12 rings (SSSR count). The van der Waals surface area contributed by atoms with Crippen molar-refractivity contribution in [3.8, 4) is 56.3 Å². The van der Waals surface area contributed by atoms with Crippen molar-refractivity contribution in [1.29, 1.82) is 0 Å². The summed E-state index contributed by atoms with van der Waals surface area (Å²) in [4.78, 5) is 15.7. The van der Waals surface area contributed by atoms with E-state index in [1.807, 2.05) is 40.9 Å². The molecule has 0 atom stereocenters. The highest BCUT2D eigenvalue weighted by Crippen LogP contribution is 2.48. The van der Waals surface area contributed by atoms with Crippen molar-refractivity contribution < 1.29 is 0 Å². The lowest BCUT2D eigenvalue weighted by Gasteiger charge is -2.15. The maximum atomic E-state index is 5.32. The normalized spacial score (nSPS) is 11.8. The summed E-state index contributed by atoms with van der Waals surface area (Å²) >= 11 is 3.70. The highest BCUT2D eigenvalue weighted by molar-refractivity contribution is 7.26. The second-order valence-corrected chi connectivity index (χ2v) is 16.8. The number of benzene rings is 8. The average Bonchev–Trinajstić information content (AvgIpc) is 3.88. The molecule has 0 unspecified atom stereocenters. The summed E-state index contributed by atoms with van der Waals surface area (Å²) in [6, 6.07) is 67.1. The fourth-order valence-corrected chi connectivity index (χ4v) is 10.9. The molecule has 0 radical (unpaired) electrons. The minimum absolute atomic E-state index is 0.710. The van der Waals surface area contributed by atoms with E-state index in [2.05, 4.69) is 170 Å². The lowest BCUT2D eigenvalue weighted by atomic mass is 9.92. The number of thiophene rings is 2. The van der Waals surface area contributed by atoms with E-state index in [-0.39, 0.29) is 0 Å². The van der Waals surface area contributed by atoms with Crippen LogP contribution in [0, 0.1) is 0 Å². The van der Waals surface area contributed by atoms with Crippen LogP contribution >= 0.6 is 22.7 Å². The zero-order chi connectivity index (χ0) is 38.2. The van der Waals surface area contributed by atoms with Crippen LogP contribution in [0.4, 0.5) is 0 Å². The first kappa shape index (κ1) is 33.1. The minimum atomic E-state index is 0.710. The number of nitrogens with zero attached hydrogens (tertiary/aromatic N) is 3. The van der Waals surface area contributed by atoms with Gasteiger partial charge in [-0.05, 0) is 48.0 Å². The molecule has 0 aliphatic carbocycles. The molecule has 4 aromatic heterocycles. The SMILES string of the molecule is c1ccc(-c2nc(-c3ccc(-c4cc5c(-c6ccccc6)nc6ccccc6c5c5c4sc4ccccc45)cc3)cc(-c3ccc4sc5ccccc5c4c3)n2)cc1. The van der Waals surface area contributed by atoms with Crippen molar-refractivity contribution in [2.24, 2.45) is 0 Å². The summed E-state index contributed by atoms with van der Waals surface area (Å²) < 4.78 is 5.13. The van der Waals surface area contributed by atoms with Gasteiger partial charge in [-0.1, -0.05) is 146 Å². The second kappa shape index (κ2) is 13.3. The van der Waals surface area contributed by atoms with Gasteiger partial charge in [0.15, 0.2) is 5.82 Å². The Kier molecular flexibility index (Phi) is 7.58. The zero-order valence-corrected chi connectivity index (χ0v) is 32.7. The number of hydrogen-bond acceptors (Lipinski definition) is 5. The van der Waals surface area contributed by atoms with E-state index in [1.54, 1.807) is 0 Å². The van der Waals surface area contributed by atoms with Gasteiger partial charge >= 0.3 is 0 Å². The van der Waals surface area contributed by atoms with Crippen molar-refractivity contribution in [3.63, 3.8) is 0 Å². The monoisotopic (exact) mass is 773 g/mol. The number of aromatic nitrogens is 3. The molecular formula is C53H31N3S2. The Morgan fingerprint density at radius 3 is 1.69 bits per heavy atom. The molecule has 0 spiro atoms.